The van der Waals surface area contributed by atoms with Gasteiger partial charge in [0.15, 0.2) is 0 Å². The lowest BCUT2D eigenvalue weighted by Gasteiger charge is -2.32. The number of halogens is 1. The molecule has 0 spiro atoms. The third-order valence-electron chi connectivity index (χ3n) is 3.82. The van der Waals surface area contributed by atoms with E-state index in [0.29, 0.717) is 6.04 Å². The second kappa shape index (κ2) is 6.46. The predicted molar refractivity (Wildman–Crippen MR) is 85.2 cm³/mol. The van der Waals surface area contributed by atoms with Gasteiger partial charge in [-0.05, 0) is 35.6 Å². The minimum absolute atomic E-state index is 0.136. The second-order valence-electron chi connectivity index (χ2n) is 6.54. The van der Waals surface area contributed by atoms with Crippen LogP contribution in [-0.2, 0) is 6.42 Å². The SMILES string of the molecule is CC(C)(C)C(CCO)NCC1Cc2cc(Br)ccc2O1. The molecule has 112 valence electrons. The van der Waals surface area contributed by atoms with E-state index >= 15 is 0 Å². The molecule has 1 aromatic carbocycles. The maximum Gasteiger partial charge on any atom is 0.123 e. The highest BCUT2D eigenvalue weighted by molar-refractivity contribution is 9.10. The van der Waals surface area contributed by atoms with Crippen LogP contribution in [0.2, 0.25) is 0 Å². The quantitative estimate of drug-likeness (QED) is 0.864. The molecule has 0 fully saturated rings. The highest BCUT2D eigenvalue weighted by atomic mass is 79.9. The molecule has 3 nitrogen and oxygen atoms in total. The van der Waals surface area contributed by atoms with Crippen molar-refractivity contribution in [2.75, 3.05) is 13.2 Å². The first-order chi connectivity index (χ1) is 9.40. The molecule has 1 aliphatic heterocycles. The number of aliphatic hydroxyl groups is 1. The van der Waals surface area contributed by atoms with Crippen LogP contribution in [0.15, 0.2) is 22.7 Å². The number of hydrogen-bond acceptors (Lipinski definition) is 3. The van der Waals surface area contributed by atoms with Crippen molar-refractivity contribution in [2.24, 2.45) is 5.41 Å². The molecule has 2 unspecified atom stereocenters. The molecule has 0 aliphatic carbocycles. The number of benzene rings is 1. The van der Waals surface area contributed by atoms with Gasteiger partial charge in [0.25, 0.3) is 0 Å². The summed E-state index contributed by atoms with van der Waals surface area (Å²) in [6, 6.07) is 6.46. The highest BCUT2D eigenvalue weighted by Crippen LogP contribution is 2.31. The Morgan fingerprint density at radius 1 is 1.45 bits per heavy atom. The molecule has 0 saturated heterocycles. The molecule has 0 saturated carbocycles. The van der Waals surface area contributed by atoms with E-state index in [9.17, 15) is 5.11 Å². The Hall–Kier alpha value is -0.580. The van der Waals surface area contributed by atoms with Crippen molar-refractivity contribution < 1.29 is 9.84 Å². The van der Waals surface area contributed by atoms with Gasteiger partial charge in [-0.1, -0.05) is 36.7 Å². The van der Waals surface area contributed by atoms with Crippen molar-refractivity contribution in [3.05, 3.63) is 28.2 Å². The van der Waals surface area contributed by atoms with E-state index in [2.05, 4.69) is 48.1 Å². The topological polar surface area (TPSA) is 41.5 Å². The van der Waals surface area contributed by atoms with Crippen molar-refractivity contribution in [2.45, 2.75) is 45.8 Å². The molecule has 0 aromatic heterocycles. The summed E-state index contributed by atoms with van der Waals surface area (Å²) < 4.78 is 7.06. The van der Waals surface area contributed by atoms with Gasteiger partial charge < -0.3 is 15.2 Å². The summed E-state index contributed by atoms with van der Waals surface area (Å²) >= 11 is 3.49. The molecule has 0 amide bonds. The average molecular weight is 342 g/mol. The Bertz CT molecular complexity index is 456. The number of aliphatic hydroxyl groups excluding tert-OH is 1. The monoisotopic (exact) mass is 341 g/mol. The van der Waals surface area contributed by atoms with Crippen molar-refractivity contribution in [1.82, 2.24) is 5.32 Å². The molecule has 4 heteroatoms. The highest BCUT2D eigenvalue weighted by Gasteiger charge is 2.27. The summed E-state index contributed by atoms with van der Waals surface area (Å²) in [5.41, 5.74) is 1.40. The van der Waals surface area contributed by atoms with Crippen LogP contribution >= 0.6 is 15.9 Å². The van der Waals surface area contributed by atoms with E-state index in [0.717, 1.165) is 29.6 Å². The average Bonchev–Trinajstić information content (AvgIpc) is 2.74. The summed E-state index contributed by atoms with van der Waals surface area (Å²) in [6.07, 6.45) is 1.90. The van der Waals surface area contributed by atoms with E-state index in [1.165, 1.54) is 5.56 Å². The van der Waals surface area contributed by atoms with Gasteiger partial charge in [-0.3, -0.25) is 0 Å². The maximum absolute atomic E-state index is 9.19. The van der Waals surface area contributed by atoms with Crippen molar-refractivity contribution in [3.63, 3.8) is 0 Å². The molecule has 1 aromatic rings. The van der Waals surface area contributed by atoms with Crippen LogP contribution in [0.1, 0.15) is 32.8 Å². The fourth-order valence-electron chi connectivity index (χ4n) is 2.65. The second-order valence-corrected chi connectivity index (χ2v) is 7.45. The molecule has 2 atom stereocenters. The van der Waals surface area contributed by atoms with Crippen LogP contribution in [-0.4, -0.2) is 30.4 Å². The van der Waals surface area contributed by atoms with Gasteiger partial charge in [-0.15, -0.1) is 0 Å². The Morgan fingerprint density at radius 3 is 2.85 bits per heavy atom. The van der Waals surface area contributed by atoms with Gasteiger partial charge in [0.05, 0.1) is 0 Å². The number of nitrogens with one attached hydrogen (secondary N) is 1. The van der Waals surface area contributed by atoms with Crippen molar-refractivity contribution in [1.29, 1.82) is 0 Å². The van der Waals surface area contributed by atoms with Gasteiger partial charge in [-0.25, -0.2) is 0 Å². The molecule has 1 aliphatic rings. The van der Waals surface area contributed by atoms with E-state index in [-0.39, 0.29) is 18.1 Å². The lowest BCUT2D eigenvalue weighted by Crippen LogP contribution is -2.45. The Kier molecular flexibility index (Phi) is 5.10. The zero-order valence-electron chi connectivity index (χ0n) is 12.4. The molecule has 1 heterocycles. The Morgan fingerprint density at radius 2 is 2.20 bits per heavy atom. The third-order valence-corrected chi connectivity index (χ3v) is 4.31. The minimum Gasteiger partial charge on any atom is -0.488 e. The molecule has 2 rings (SSSR count). The number of rotatable bonds is 5. The van der Waals surface area contributed by atoms with E-state index in [1.54, 1.807) is 0 Å². The van der Waals surface area contributed by atoms with Crippen LogP contribution in [0.3, 0.4) is 0 Å². The van der Waals surface area contributed by atoms with Gasteiger partial charge in [-0.2, -0.15) is 0 Å². The maximum atomic E-state index is 9.19. The molecular weight excluding hydrogens is 318 g/mol. The number of ether oxygens (including phenoxy) is 1. The van der Waals surface area contributed by atoms with E-state index < -0.39 is 0 Å². The summed E-state index contributed by atoms with van der Waals surface area (Å²) in [4.78, 5) is 0. The largest absolute Gasteiger partial charge is 0.488 e. The predicted octanol–water partition coefficient (Wildman–Crippen LogP) is 3.14. The van der Waals surface area contributed by atoms with Crippen LogP contribution in [0, 0.1) is 5.41 Å². The number of hydrogen-bond donors (Lipinski definition) is 2. The summed E-state index contributed by atoms with van der Waals surface area (Å²) in [5.74, 6) is 0.995. The van der Waals surface area contributed by atoms with Crippen LogP contribution in [0.4, 0.5) is 0 Å². The van der Waals surface area contributed by atoms with E-state index in [1.807, 2.05) is 12.1 Å². The van der Waals surface area contributed by atoms with Crippen molar-refractivity contribution >= 4 is 15.9 Å². The molecule has 0 radical (unpaired) electrons. The summed E-state index contributed by atoms with van der Waals surface area (Å²) in [5, 5.41) is 12.7. The Balaban J connectivity index is 1.90. The van der Waals surface area contributed by atoms with Gasteiger partial charge >= 0.3 is 0 Å². The molecule has 2 N–H and O–H groups in total. The first-order valence-electron chi connectivity index (χ1n) is 7.19. The van der Waals surface area contributed by atoms with Gasteiger partial charge in [0, 0.05) is 30.1 Å². The zero-order chi connectivity index (χ0) is 14.8. The normalized spacial score (nSPS) is 19.6. The van der Waals surface area contributed by atoms with Crippen LogP contribution in [0.25, 0.3) is 0 Å². The first-order valence-corrected chi connectivity index (χ1v) is 7.99. The van der Waals surface area contributed by atoms with E-state index in [4.69, 9.17) is 4.74 Å². The molecule has 20 heavy (non-hydrogen) atoms. The number of fused-ring (bicyclic) bond motifs is 1. The standard InChI is InChI=1S/C16H24BrNO2/c1-16(2,3)15(6-7-19)18-10-13-9-11-8-12(17)4-5-14(11)20-13/h4-5,8,13,15,18-19H,6-7,9-10H2,1-3H3. The molecular formula is C16H24BrNO2. The fourth-order valence-corrected chi connectivity index (χ4v) is 3.06. The van der Waals surface area contributed by atoms with Crippen LogP contribution in [0.5, 0.6) is 5.75 Å². The Labute approximate surface area is 129 Å². The molecule has 0 bridgehead atoms. The lowest BCUT2D eigenvalue weighted by molar-refractivity contribution is 0.168. The smallest absolute Gasteiger partial charge is 0.123 e. The van der Waals surface area contributed by atoms with Crippen molar-refractivity contribution in [3.8, 4) is 5.75 Å². The summed E-state index contributed by atoms with van der Waals surface area (Å²) in [6.45, 7) is 7.62. The minimum atomic E-state index is 0.136. The van der Waals surface area contributed by atoms with Gasteiger partial charge in [0.2, 0.25) is 0 Å². The zero-order valence-corrected chi connectivity index (χ0v) is 14.0. The van der Waals surface area contributed by atoms with Gasteiger partial charge in [0.1, 0.15) is 11.9 Å². The fraction of sp³-hybridized carbons (Fsp3) is 0.625. The van der Waals surface area contributed by atoms with Crippen LogP contribution < -0.4 is 10.1 Å². The lowest BCUT2D eigenvalue weighted by atomic mass is 9.85. The first kappa shape index (κ1) is 15.8. The summed E-state index contributed by atoms with van der Waals surface area (Å²) in [7, 11) is 0. The third kappa shape index (κ3) is 3.96.